The maximum atomic E-state index is 13.2. The van der Waals surface area contributed by atoms with Crippen molar-refractivity contribution in [3.8, 4) is 17.1 Å². The summed E-state index contributed by atoms with van der Waals surface area (Å²) >= 11 is 0. The maximum Gasteiger partial charge on any atom is 0.251 e. The molecule has 0 aliphatic carbocycles. The first kappa shape index (κ1) is 21.1. The molecule has 1 amide bonds. The molecular weight excluding hydrogens is 400 g/mol. The van der Waals surface area contributed by atoms with Crippen molar-refractivity contribution in [1.82, 2.24) is 9.97 Å². The number of hydrogen-bond donors (Lipinski definition) is 2. The van der Waals surface area contributed by atoms with Gasteiger partial charge in [0.25, 0.3) is 5.91 Å². The number of aromatic nitrogens is 2. The summed E-state index contributed by atoms with van der Waals surface area (Å²) < 4.78 is 5.26. The minimum Gasteiger partial charge on any atom is -0.497 e. The highest BCUT2D eigenvalue weighted by atomic mass is 16.5. The number of aryl methyl sites for hydroxylation is 1. The predicted molar refractivity (Wildman–Crippen MR) is 127 cm³/mol. The Morgan fingerprint density at radius 2 is 1.69 bits per heavy atom. The van der Waals surface area contributed by atoms with E-state index >= 15 is 0 Å². The average Bonchev–Trinajstić information content (AvgIpc) is 2.83. The molecule has 0 saturated carbocycles. The number of anilines is 2. The third-order valence-corrected chi connectivity index (χ3v) is 4.98. The molecule has 0 spiro atoms. The number of benzene rings is 3. The molecule has 4 rings (SSSR count). The van der Waals surface area contributed by atoms with Gasteiger partial charge in [0.1, 0.15) is 11.8 Å². The summed E-state index contributed by atoms with van der Waals surface area (Å²) in [6.07, 6.45) is 1.75. The number of amides is 1. The van der Waals surface area contributed by atoms with Crippen molar-refractivity contribution >= 4 is 17.3 Å². The first-order valence-electron chi connectivity index (χ1n) is 10.3. The first-order valence-corrected chi connectivity index (χ1v) is 10.3. The largest absolute Gasteiger partial charge is 0.497 e. The van der Waals surface area contributed by atoms with Crippen LogP contribution in [0.3, 0.4) is 0 Å². The van der Waals surface area contributed by atoms with Crippen LogP contribution in [0, 0.1) is 6.92 Å². The zero-order chi connectivity index (χ0) is 22.3. The van der Waals surface area contributed by atoms with Crippen LogP contribution in [-0.4, -0.2) is 23.0 Å². The van der Waals surface area contributed by atoms with Crippen molar-refractivity contribution < 1.29 is 9.53 Å². The highest BCUT2D eigenvalue weighted by Crippen LogP contribution is 2.25. The number of carbonyl (C=O) groups excluding carboxylic acids is 1. The summed E-state index contributed by atoms with van der Waals surface area (Å²) in [7, 11) is 1.60. The van der Waals surface area contributed by atoms with Crippen molar-refractivity contribution in [2.45, 2.75) is 13.0 Å². The van der Waals surface area contributed by atoms with Gasteiger partial charge in [-0.3, -0.25) is 4.79 Å². The first-order chi connectivity index (χ1) is 15.6. The van der Waals surface area contributed by atoms with Crippen LogP contribution in [-0.2, 0) is 4.79 Å². The van der Waals surface area contributed by atoms with Gasteiger partial charge in [-0.05, 0) is 55.0 Å². The molecular formula is C26H24N4O2. The lowest BCUT2D eigenvalue weighted by atomic mass is 10.0. The molecule has 32 heavy (non-hydrogen) atoms. The number of nitrogens with zero attached hydrogens (tertiary/aromatic N) is 2. The molecule has 3 aromatic carbocycles. The van der Waals surface area contributed by atoms with Crippen LogP contribution in [0.5, 0.6) is 5.75 Å². The van der Waals surface area contributed by atoms with E-state index < -0.39 is 6.04 Å². The molecule has 1 heterocycles. The molecule has 0 aliphatic heterocycles. The van der Waals surface area contributed by atoms with Crippen molar-refractivity contribution in [2.24, 2.45) is 0 Å². The highest BCUT2D eigenvalue weighted by Gasteiger charge is 2.21. The molecule has 1 aromatic heterocycles. The van der Waals surface area contributed by atoms with Gasteiger partial charge in [-0.2, -0.15) is 0 Å². The van der Waals surface area contributed by atoms with E-state index in [4.69, 9.17) is 4.74 Å². The second kappa shape index (κ2) is 9.75. The highest BCUT2D eigenvalue weighted by molar-refractivity contribution is 5.97. The Balaban J connectivity index is 1.56. The van der Waals surface area contributed by atoms with Gasteiger partial charge in [-0.25, -0.2) is 9.97 Å². The minimum absolute atomic E-state index is 0.171. The summed E-state index contributed by atoms with van der Waals surface area (Å²) in [6.45, 7) is 1.94. The van der Waals surface area contributed by atoms with Gasteiger partial charge in [0, 0.05) is 34.9 Å². The van der Waals surface area contributed by atoms with Crippen LogP contribution in [0.4, 0.5) is 11.4 Å². The zero-order valence-corrected chi connectivity index (χ0v) is 17.9. The predicted octanol–water partition coefficient (Wildman–Crippen LogP) is 5.25. The van der Waals surface area contributed by atoms with Crippen LogP contribution in [0.2, 0.25) is 0 Å². The molecule has 0 aliphatic rings. The number of hydrogen-bond acceptors (Lipinski definition) is 5. The third-order valence-electron chi connectivity index (χ3n) is 4.98. The average molecular weight is 425 g/mol. The molecule has 2 N–H and O–H groups in total. The topological polar surface area (TPSA) is 76.1 Å². The van der Waals surface area contributed by atoms with Gasteiger partial charge in [0.15, 0.2) is 5.82 Å². The van der Waals surface area contributed by atoms with Crippen molar-refractivity contribution in [3.05, 3.63) is 102 Å². The Kier molecular flexibility index (Phi) is 6.41. The Labute approximate surface area is 187 Å². The molecule has 6 heteroatoms. The number of nitrogens with one attached hydrogen (secondary N) is 2. The lowest BCUT2D eigenvalue weighted by Crippen LogP contribution is -2.27. The lowest BCUT2D eigenvalue weighted by Gasteiger charge is -2.20. The van der Waals surface area contributed by atoms with Gasteiger partial charge < -0.3 is 15.4 Å². The molecule has 0 radical (unpaired) electrons. The fourth-order valence-corrected chi connectivity index (χ4v) is 3.33. The number of methoxy groups -OCH3 is 1. The van der Waals surface area contributed by atoms with Crippen LogP contribution in [0.1, 0.15) is 17.3 Å². The van der Waals surface area contributed by atoms with Crippen LogP contribution >= 0.6 is 0 Å². The fraction of sp³-hybridized carbons (Fsp3) is 0.115. The van der Waals surface area contributed by atoms with E-state index in [9.17, 15) is 4.79 Å². The smallest absolute Gasteiger partial charge is 0.251 e. The molecule has 6 nitrogen and oxygen atoms in total. The molecule has 160 valence electrons. The SMILES string of the molecule is COc1cccc(NC(=O)C(Nc2ccc(-c3nccc(C)n3)cc2)c2ccccc2)c1. The Morgan fingerprint density at radius 3 is 2.41 bits per heavy atom. The van der Waals surface area contributed by atoms with E-state index in [1.54, 1.807) is 19.4 Å². The van der Waals surface area contributed by atoms with Gasteiger partial charge >= 0.3 is 0 Å². The van der Waals surface area contributed by atoms with Gasteiger partial charge in [0.2, 0.25) is 0 Å². The Morgan fingerprint density at radius 1 is 0.906 bits per heavy atom. The molecule has 0 bridgehead atoms. The quantitative estimate of drug-likeness (QED) is 0.424. The molecule has 1 unspecified atom stereocenters. The second-order valence-electron chi connectivity index (χ2n) is 7.31. The zero-order valence-electron chi connectivity index (χ0n) is 17.9. The van der Waals surface area contributed by atoms with E-state index in [0.29, 0.717) is 17.3 Å². The van der Waals surface area contributed by atoms with Crippen molar-refractivity contribution in [1.29, 1.82) is 0 Å². The fourth-order valence-electron chi connectivity index (χ4n) is 3.33. The molecule has 4 aromatic rings. The van der Waals surface area contributed by atoms with Crippen LogP contribution in [0.15, 0.2) is 91.1 Å². The third kappa shape index (κ3) is 5.10. The summed E-state index contributed by atoms with van der Waals surface area (Å²) in [6, 6.07) is 25.9. The van der Waals surface area contributed by atoms with Crippen molar-refractivity contribution in [3.63, 3.8) is 0 Å². The van der Waals surface area contributed by atoms with Crippen molar-refractivity contribution in [2.75, 3.05) is 17.7 Å². The number of ether oxygens (including phenoxy) is 1. The number of carbonyl (C=O) groups is 1. The Bertz CT molecular complexity index is 1190. The summed E-state index contributed by atoms with van der Waals surface area (Å²) in [5.74, 6) is 1.18. The monoisotopic (exact) mass is 424 g/mol. The van der Waals surface area contributed by atoms with Gasteiger partial charge in [0.05, 0.1) is 7.11 Å². The van der Waals surface area contributed by atoms with Gasteiger partial charge in [-0.15, -0.1) is 0 Å². The van der Waals surface area contributed by atoms with Crippen LogP contribution in [0.25, 0.3) is 11.4 Å². The summed E-state index contributed by atoms with van der Waals surface area (Å²) in [4.78, 5) is 22.0. The normalized spacial score (nSPS) is 11.4. The van der Waals surface area contributed by atoms with E-state index in [1.165, 1.54) is 0 Å². The van der Waals surface area contributed by atoms with Gasteiger partial charge in [-0.1, -0.05) is 36.4 Å². The maximum absolute atomic E-state index is 13.2. The summed E-state index contributed by atoms with van der Waals surface area (Å²) in [5, 5.41) is 6.33. The Hall–Kier alpha value is -4.19. The minimum atomic E-state index is -0.580. The molecule has 0 saturated heterocycles. The summed E-state index contributed by atoms with van der Waals surface area (Å²) in [5.41, 5.74) is 4.17. The lowest BCUT2D eigenvalue weighted by molar-refractivity contribution is -0.117. The second-order valence-corrected chi connectivity index (χ2v) is 7.31. The van der Waals surface area contributed by atoms with E-state index in [1.807, 2.05) is 85.8 Å². The molecule has 1 atom stereocenters. The van der Waals surface area contributed by atoms with Crippen LogP contribution < -0.4 is 15.4 Å². The van der Waals surface area contributed by atoms with E-state index in [-0.39, 0.29) is 5.91 Å². The van der Waals surface area contributed by atoms with E-state index in [2.05, 4.69) is 20.6 Å². The number of rotatable bonds is 7. The molecule has 0 fully saturated rings. The van der Waals surface area contributed by atoms with E-state index in [0.717, 1.165) is 22.5 Å². The standard InChI is InChI=1S/C26H24N4O2/c1-18-15-16-27-25(28-18)20-11-13-21(14-12-20)29-24(19-7-4-3-5-8-19)26(31)30-22-9-6-10-23(17-22)32-2/h3-17,24,29H,1-2H3,(H,30,31).